The number of aryl methyl sites for hydroxylation is 1. The van der Waals surface area contributed by atoms with Crippen molar-refractivity contribution in [3.63, 3.8) is 0 Å². The van der Waals surface area contributed by atoms with E-state index in [1.807, 2.05) is 13.0 Å². The molecule has 0 saturated heterocycles. The Labute approximate surface area is 136 Å². The number of alkyl halides is 1. The van der Waals surface area contributed by atoms with Crippen molar-refractivity contribution in [2.45, 2.75) is 12.8 Å². The van der Waals surface area contributed by atoms with E-state index in [1.54, 1.807) is 22.8 Å². The molecule has 3 rings (SSSR count). The van der Waals surface area contributed by atoms with Crippen LogP contribution in [0.3, 0.4) is 0 Å². The van der Waals surface area contributed by atoms with Gasteiger partial charge >= 0.3 is 0 Å². The third-order valence-corrected chi connectivity index (χ3v) is 4.19. The van der Waals surface area contributed by atoms with Crippen molar-refractivity contribution >= 4 is 45.8 Å². The molecule has 0 aliphatic rings. The molecule has 0 amide bonds. The summed E-state index contributed by atoms with van der Waals surface area (Å²) in [6.45, 7) is 1.83. The number of rotatable bonds is 2. The monoisotopic (exact) mass is 342 g/mol. The third kappa shape index (κ3) is 2.50. The van der Waals surface area contributed by atoms with Crippen LogP contribution in [-0.4, -0.2) is 9.55 Å². The maximum atomic E-state index is 14.3. The summed E-state index contributed by atoms with van der Waals surface area (Å²) in [5.41, 5.74) is 2.52. The van der Waals surface area contributed by atoms with Gasteiger partial charge in [-0.25, -0.2) is 9.37 Å². The highest BCUT2D eigenvalue weighted by atomic mass is 35.5. The lowest BCUT2D eigenvalue weighted by Crippen LogP contribution is -2.02. The Kier molecular flexibility index (Phi) is 3.82. The van der Waals surface area contributed by atoms with Gasteiger partial charge in [-0.3, -0.25) is 4.57 Å². The average Bonchev–Trinajstić information content (AvgIpc) is 2.77. The van der Waals surface area contributed by atoms with Gasteiger partial charge in [0.05, 0.1) is 32.6 Å². The number of imidazole rings is 1. The molecular weight excluding hydrogens is 334 g/mol. The Balaban J connectivity index is 2.37. The minimum Gasteiger partial charge on any atom is -0.292 e. The molecule has 0 aliphatic carbocycles. The number of hydrogen-bond acceptors (Lipinski definition) is 1. The SMILES string of the molecule is Cc1ccc(-n2c(CCl)nc3cc(Cl)c(Cl)cc32)c(F)c1. The molecule has 0 aliphatic heterocycles. The van der Waals surface area contributed by atoms with Gasteiger partial charge < -0.3 is 0 Å². The first-order valence-corrected chi connectivity index (χ1v) is 7.49. The molecule has 21 heavy (non-hydrogen) atoms. The molecule has 0 spiro atoms. The summed E-state index contributed by atoms with van der Waals surface area (Å²) in [7, 11) is 0. The van der Waals surface area contributed by atoms with E-state index in [4.69, 9.17) is 34.8 Å². The second-order valence-electron chi connectivity index (χ2n) is 4.71. The van der Waals surface area contributed by atoms with E-state index in [-0.39, 0.29) is 11.7 Å². The smallest absolute Gasteiger partial charge is 0.147 e. The minimum absolute atomic E-state index is 0.150. The molecular formula is C15H10Cl3FN2. The lowest BCUT2D eigenvalue weighted by molar-refractivity contribution is 0.616. The average molecular weight is 344 g/mol. The number of nitrogens with zero attached hydrogens (tertiary/aromatic N) is 2. The van der Waals surface area contributed by atoms with Crippen LogP contribution in [0.4, 0.5) is 4.39 Å². The zero-order chi connectivity index (χ0) is 15.1. The molecule has 2 aromatic carbocycles. The van der Waals surface area contributed by atoms with E-state index in [0.717, 1.165) is 5.56 Å². The zero-order valence-corrected chi connectivity index (χ0v) is 13.3. The van der Waals surface area contributed by atoms with Gasteiger partial charge in [-0.05, 0) is 36.8 Å². The van der Waals surface area contributed by atoms with Gasteiger partial charge in [0.2, 0.25) is 0 Å². The van der Waals surface area contributed by atoms with E-state index in [1.165, 1.54) is 6.07 Å². The molecule has 0 radical (unpaired) electrons. The molecule has 1 aromatic heterocycles. The predicted molar refractivity (Wildman–Crippen MR) is 85.3 cm³/mol. The predicted octanol–water partition coefficient (Wildman–Crippen LogP) is 5.52. The Morgan fingerprint density at radius 3 is 2.52 bits per heavy atom. The van der Waals surface area contributed by atoms with Crippen molar-refractivity contribution in [3.05, 3.63) is 57.6 Å². The highest BCUT2D eigenvalue weighted by molar-refractivity contribution is 6.42. The lowest BCUT2D eigenvalue weighted by Gasteiger charge is -2.10. The largest absolute Gasteiger partial charge is 0.292 e. The van der Waals surface area contributed by atoms with E-state index in [0.29, 0.717) is 32.6 Å². The molecule has 0 atom stereocenters. The van der Waals surface area contributed by atoms with Crippen molar-refractivity contribution in [3.8, 4) is 5.69 Å². The second kappa shape index (κ2) is 5.48. The van der Waals surface area contributed by atoms with Crippen LogP contribution in [0.25, 0.3) is 16.7 Å². The number of halogens is 4. The van der Waals surface area contributed by atoms with Gasteiger partial charge in [0.1, 0.15) is 11.6 Å². The number of aromatic nitrogens is 2. The number of benzene rings is 2. The quantitative estimate of drug-likeness (QED) is 0.560. The fourth-order valence-corrected chi connectivity index (χ4v) is 2.77. The van der Waals surface area contributed by atoms with Gasteiger partial charge in [-0.1, -0.05) is 29.3 Å². The lowest BCUT2D eigenvalue weighted by atomic mass is 10.2. The maximum absolute atomic E-state index is 14.3. The summed E-state index contributed by atoms with van der Waals surface area (Å²) in [6.07, 6.45) is 0. The Morgan fingerprint density at radius 1 is 1.14 bits per heavy atom. The summed E-state index contributed by atoms with van der Waals surface area (Å²) in [5.74, 6) is 0.344. The van der Waals surface area contributed by atoms with Gasteiger partial charge in [0, 0.05) is 0 Å². The second-order valence-corrected chi connectivity index (χ2v) is 5.79. The van der Waals surface area contributed by atoms with Crippen molar-refractivity contribution in [2.75, 3.05) is 0 Å². The summed E-state index contributed by atoms with van der Waals surface area (Å²) < 4.78 is 16.0. The molecule has 3 aromatic rings. The van der Waals surface area contributed by atoms with Crippen molar-refractivity contribution < 1.29 is 4.39 Å². The fraction of sp³-hybridized carbons (Fsp3) is 0.133. The Morgan fingerprint density at radius 2 is 1.86 bits per heavy atom. The molecule has 108 valence electrons. The Bertz CT molecular complexity index is 843. The van der Waals surface area contributed by atoms with E-state index in [9.17, 15) is 4.39 Å². The fourth-order valence-electron chi connectivity index (χ4n) is 2.27. The normalized spacial score (nSPS) is 11.3. The van der Waals surface area contributed by atoms with Crippen LogP contribution in [0.15, 0.2) is 30.3 Å². The number of fused-ring (bicyclic) bond motifs is 1. The summed E-state index contributed by atoms with van der Waals surface area (Å²) in [6, 6.07) is 8.32. The van der Waals surface area contributed by atoms with E-state index in [2.05, 4.69) is 4.98 Å². The minimum atomic E-state index is -0.341. The van der Waals surface area contributed by atoms with Gasteiger partial charge in [0.25, 0.3) is 0 Å². The molecule has 0 fully saturated rings. The molecule has 0 bridgehead atoms. The van der Waals surface area contributed by atoms with Crippen molar-refractivity contribution in [1.29, 1.82) is 0 Å². The molecule has 6 heteroatoms. The van der Waals surface area contributed by atoms with Crippen LogP contribution in [0, 0.1) is 12.7 Å². The van der Waals surface area contributed by atoms with Gasteiger partial charge in [0.15, 0.2) is 0 Å². The number of hydrogen-bond donors (Lipinski definition) is 0. The topological polar surface area (TPSA) is 17.8 Å². The first-order valence-electron chi connectivity index (χ1n) is 6.20. The van der Waals surface area contributed by atoms with Crippen LogP contribution < -0.4 is 0 Å². The zero-order valence-electron chi connectivity index (χ0n) is 11.0. The maximum Gasteiger partial charge on any atom is 0.147 e. The highest BCUT2D eigenvalue weighted by Gasteiger charge is 2.16. The molecule has 0 N–H and O–H groups in total. The van der Waals surface area contributed by atoms with Crippen LogP contribution >= 0.6 is 34.8 Å². The van der Waals surface area contributed by atoms with E-state index < -0.39 is 0 Å². The van der Waals surface area contributed by atoms with Gasteiger partial charge in [-0.2, -0.15) is 0 Å². The van der Waals surface area contributed by atoms with Crippen molar-refractivity contribution in [2.24, 2.45) is 0 Å². The van der Waals surface area contributed by atoms with Crippen molar-refractivity contribution in [1.82, 2.24) is 9.55 Å². The van der Waals surface area contributed by atoms with E-state index >= 15 is 0 Å². The summed E-state index contributed by atoms with van der Waals surface area (Å²) in [4.78, 5) is 4.39. The van der Waals surface area contributed by atoms with Crippen LogP contribution in [-0.2, 0) is 5.88 Å². The van der Waals surface area contributed by atoms with Gasteiger partial charge in [-0.15, -0.1) is 11.6 Å². The standard InChI is InChI=1S/C15H10Cl3FN2/c1-8-2-3-13(11(19)4-8)21-14-6-10(18)9(17)5-12(14)20-15(21)7-16/h2-6H,7H2,1H3. The highest BCUT2D eigenvalue weighted by Crippen LogP contribution is 2.31. The summed E-state index contributed by atoms with van der Waals surface area (Å²) >= 11 is 18.0. The molecule has 1 heterocycles. The van der Waals surface area contributed by atoms with Crippen LogP contribution in [0.1, 0.15) is 11.4 Å². The molecule has 0 unspecified atom stereocenters. The van der Waals surface area contributed by atoms with Crippen LogP contribution in [0.2, 0.25) is 10.0 Å². The summed E-state index contributed by atoms with van der Waals surface area (Å²) in [5, 5.41) is 0.790. The Hall–Kier alpha value is -1.29. The van der Waals surface area contributed by atoms with Crippen LogP contribution in [0.5, 0.6) is 0 Å². The molecule has 2 nitrogen and oxygen atoms in total. The third-order valence-electron chi connectivity index (χ3n) is 3.23. The molecule has 0 saturated carbocycles. The first kappa shape index (κ1) is 14.6. The first-order chi connectivity index (χ1) is 10.0.